The highest BCUT2D eigenvalue weighted by Gasteiger charge is 2.01. The molecule has 4 nitrogen and oxygen atoms in total. The summed E-state index contributed by atoms with van der Waals surface area (Å²) >= 11 is 5.73. The van der Waals surface area contributed by atoms with Crippen LogP contribution in [0.15, 0.2) is 53.6 Å². The van der Waals surface area contributed by atoms with Crippen LogP contribution in [0.2, 0.25) is 5.02 Å². The first-order valence-electron chi connectivity index (χ1n) is 6.09. The second kappa shape index (κ2) is 7.40. The van der Waals surface area contributed by atoms with Crippen LogP contribution < -0.4 is 10.2 Å². The highest BCUT2D eigenvalue weighted by atomic mass is 35.5. The molecular formula is C15H12ClFN2O2. The van der Waals surface area contributed by atoms with Crippen LogP contribution in [0.3, 0.4) is 0 Å². The van der Waals surface area contributed by atoms with Crippen molar-refractivity contribution >= 4 is 23.7 Å². The lowest BCUT2D eigenvalue weighted by molar-refractivity contribution is -0.123. The summed E-state index contributed by atoms with van der Waals surface area (Å²) in [5, 5.41) is 4.34. The first kappa shape index (κ1) is 15.0. The van der Waals surface area contributed by atoms with Crippen LogP contribution in [0.5, 0.6) is 5.75 Å². The monoisotopic (exact) mass is 306 g/mol. The number of hydrogen-bond acceptors (Lipinski definition) is 3. The normalized spacial score (nSPS) is 10.6. The van der Waals surface area contributed by atoms with E-state index in [4.69, 9.17) is 16.3 Å². The van der Waals surface area contributed by atoms with Crippen molar-refractivity contribution in [2.75, 3.05) is 6.61 Å². The van der Waals surface area contributed by atoms with Crippen LogP contribution in [0.1, 0.15) is 5.56 Å². The molecule has 0 bridgehead atoms. The minimum atomic E-state index is -0.400. The quantitative estimate of drug-likeness (QED) is 0.682. The number of halogens is 2. The fourth-order valence-corrected chi connectivity index (χ4v) is 1.57. The van der Waals surface area contributed by atoms with E-state index in [0.717, 1.165) is 0 Å². The van der Waals surface area contributed by atoms with Gasteiger partial charge >= 0.3 is 0 Å². The summed E-state index contributed by atoms with van der Waals surface area (Å²) in [7, 11) is 0. The van der Waals surface area contributed by atoms with E-state index in [9.17, 15) is 9.18 Å². The molecule has 0 aromatic heterocycles. The molecule has 1 N–H and O–H groups in total. The SMILES string of the molecule is O=C(COc1ccc(Cl)cc1)N/N=C/c1ccc(F)cc1. The van der Waals surface area contributed by atoms with Crippen molar-refractivity contribution in [1.82, 2.24) is 5.43 Å². The van der Waals surface area contributed by atoms with E-state index in [1.54, 1.807) is 36.4 Å². The molecule has 0 aliphatic rings. The molecule has 1 amide bonds. The molecular weight excluding hydrogens is 295 g/mol. The molecule has 0 radical (unpaired) electrons. The topological polar surface area (TPSA) is 50.7 Å². The number of carbonyl (C=O) groups is 1. The maximum atomic E-state index is 12.7. The van der Waals surface area contributed by atoms with E-state index in [2.05, 4.69) is 10.5 Å². The number of hydrogen-bond donors (Lipinski definition) is 1. The summed E-state index contributed by atoms with van der Waals surface area (Å²) in [5.74, 6) is -0.187. The van der Waals surface area contributed by atoms with Gasteiger partial charge in [-0.25, -0.2) is 9.82 Å². The third kappa shape index (κ3) is 5.24. The predicted octanol–water partition coefficient (Wildman–Crippen LogP) is 3.01. The van der Waals surface area contributed by atoms with Crippen LogP contribution in [0.4, 0.5) is 4.39 Å². The number of nitrogens with zero attached hydrogens (tertiary/aromatic N) is 1. The molecule has 0 saturated heterocycles. The molecule has 0 saturated carbocycles. The lowest BCUT2D eigenvalue weighted by Gasteiger charge is -2.04. The van der Waals surface area contributed by atoms with Crippen LogP contribution in [-0.2, 0) is 4.79 Å². The average Bonchev–Trinajstić information content (AvgIpc) is 2.49. The van der Waals surface area contributed by atoms with Gasteiger partial charge in [-0.3, -0.25) is 4.79 Å². The molecule has 0 aliphatic heterocycles. The Morgan fingerprint density at radius 3 is 2.52 bits per heavy atom. The number of benzene rings is 2. The molecule has 6 heteroatoms. The van der Waals surface area contributed by atoms with Crippen LogP contribution in [-0.4, -0.2) is 18.7 Å². The highest BCUT2D eigenvalue weighted by molar-refractivity contribution is 6.30. The summed E-state index contributed by atoms with van der Waals surface area (Å²) in [6.45, 7) is -0.164. The Balaban J connectivity index is 1.77. The van der Waals surface area contributed by atoms with Gasteiger partial charge in [-0.2, -0.15) is 5.10 Å². The first-order chi connectivity index (χ1) is 10.1. The minimum absolute atomic E-state index is 0.164. The highest BCUT2D eigenvalue weighted by Crippen LogP contribution is 2.15. The number of ether oxygens (including phenoxy) is 1. The lowest BCUT2D eigenvalue weighted by atomic mass is 10.2. The van der Waals surface area contributed by atoms with Gasteiger partial charge < -0.3 is 4.74 Å². The standard InChI is InChI=1S/C15H12ClFN2O2/c16-12-3-7-14(8-4-12)21-10-15(20)19-18-9-11-1-5-13(17)6-2-11/h1-9H,10H2,(H,19,20)/b18-9+. The van der Waals surface area contributed by atoms with Crippen molar-refractivity contribution < 1.29 is 13.9 Å². The summed E-state index contributed by atoms with van der Waals surface area (Å²) in [6, 6.07) is 12.4. The van der Waals surface area contributed by atoms with E-state index >= 15 is 0 Å². The van der Waals surface area contributed by atoms with Crippen molar-refractivity contribution in [3.63, 3.8) is 0 Å². The van der Waals surface area contributed by atoms with Gasteiger partial charge in [0.15, 0.2) is 6.61 Å². The fourth-order valence-electron chi connectivity index (χ4n) is 1.44. The van der Waals surface area contributed by atoms with Crippen LogP contribution >= 0.6 is 11.6 Å². The van der Waals surface area contributed by atoms with Gasteiger partial charge in [-0.05, 0) is 42.0 Å². The largest absolute Gasteiger partial charge is 0.484 e. The Bertz CT molecular complexity index is 627. The zero-order valence-electron chi connectivity index (χ0n) is 10.9. The van der Waals surface area contributed by atoms with Gasteiger partial charge in [-0.1, -0.05) is 23.7 Å². The first-order valence-corrected chi connectivity index (χ1v) is 6.47. The predicted molar refractivity (Wildman–Crippen MR) is 79.1 cm³/mol. The fraction of sp³-hybridized carbons (Fsp3) is 0.0667. The Morgan fingerprint density at radius 1 is 1.19 bits per heavy atom. The van der Waals surface area contributed by atoms with E-state index < -0.39 is 5.91 Å². The summed E-state index contributed by atoms with van der Waals surface area (Å²) in [4.78, 5) is 11.5. The Labute approximate surface area is 126 Å². The molecule has 0 heterocycles. The lowest BCUT2D eigenvalue weighted by Crippen LogP contribution is -2.24. The van der Waals surface area contributed by atoms with Gasteiger partial charge in [0.25, 0.3) is 5.91 Å². The number of nitrogens with one attached hydrogen (secondary N) is 1. The Kier molecular flexibility index (Phi) is 5.29. The summed E-state index contributed by atoms with van der Waals surface area (Å²) in [6.07, 6.45) is 1.42. The third-order valence-corrected chi connectivity index (χ3v) is 2.71. The molecule has 2 aromatic carbocycles. The molecule has 21 heavy (non-hydrogen) atoms. The molecule has 2 aromatic rings. The Hall–Kier alpha value is -2.40. The number of rotatable bonds is 5. The molecule has 0 unspecified atom stereocenters. The second-order valence-electron chi connectivity index (χ2n) is 4.09. The van der Waals surface area contributed by atoms with Crippen molar-refractivity contribution in [3.8, 4) is 5.75 Å². The van der Waals surface area contributed by atoms with Gasteiger partial charge in [0.2, 0.25) is 0 Å². The van der Waals surface area contributed by atoms with Crippen molar-refractivity contribution in [1.29, 1.82) is 0 Å². The van der Waals surface area contributed by atoms with E-state index in [0.29, 0.717) is 16.3 Å². The van der Waals surface area contributed by atoms with Gasteiger partial charge in [0.05, 0.1) is 6.21 Å². The van der Waals surface area contributed by atoms with Gasteiger partial charge in [0.1, 0.15) is 11.6 Å². The van der Waals surface area contributed by atoms with Crippen molar-refractivity contribution in [3.05, 3.63) is 64.9 Å². The maximum absolute atomic E-state index is 12.7. The second-order valence-corrected chi connectivity index (χ2v) is 4.52. The minimum Gasteiger partial charge on any atom is -0.484 e. The smallest absolute Gasteiger partial charge is 0.277 e. The number of amides is 1. The molecule has 2 rings (SSSR count). The van der Waals surface area contributed by atoms with E-state index in [-0.39, 0.29) is 12.4 Å². The molecule has 0 spiro atoms. The average molecular weight is 307 g/mol. The zero-order valence-corrected chi connectivity index (χ0v) is 11.7. The van der Waals surface area contributed by atoms with Crippen molar-refractivity contribution in [2.45, 2.75) is 0 Å². The van der Waals surface area contributed by atoms with Crippen LogP contribution in [0, 0.1) is 5.82 Å². The van der Waals surface area contributed by atoms with Gasteiger partial charge in [-0.15, -0.1) is 0 Å². The molecule has 0 fully saturated rings. The number of carbonyl (C=O) groups excluding carboxylic acids is 1. The molecule has 0 aliphatic carbocycles. The van der Waals surface area contributed by atoms with E-state index in [1.807, 2.05) is 0 Å². The van der Waals surface area contributed by atoms with Crippen molar-refractivity contribution in [2.24, 2.45) is 5.10 Å². The third-order valence-electron chi connectivity index (χ3n) is 2.46. The number of hydrazone groups is 1. The van der Waals surface area contributed by atoms with Crippen LogP contribution in [0.25, 0.3) is 0 Å². The molecule has 0 atom stereocenters. The zero-order chi connectivity index (χ0) is 15.1. The molecule has 108 valence electrons. The van der Waals surface area contributed by atoms with Gasteiger partial charge in [0, 0.05) is 5.02 Å². The summed E-state index contributed by atoms with van der Waals surface area (Å²) in [5.41, 5.74) is 2.99. The van der Waals surface area contributed by atoms with E-state index in [1.165, 1.54) is 18.3 Å². The summed E-state index contributed by atoms with van der Waals surface area (Å²) < 4.78 is 17.9. The maximum Gasteiger partial charge on any atom is 0.277 e. The Morgan fingerprint density at radius 2 is 1.86 bits per heavy atom.